The Hall–Kier alpha value is -2.69. The predicted octanol–water partition coefficient (Wildman–Crippen LogP) is 4.83. The molecule has 0 aliphatic heterocycles. The van der Waals surface area contributed by atoms with Crippen LogP contribution in [0.3, 0.4) is 0 Å². The van der Waals surface area contributed by atoms with E-state index in [0.29, 0.717) is 11.4 Å². The summed E-state index contributed by atoms with van der Waals surface area (Å²) in [6, 6.07) is 14.0. The van der Waals surface area contributed by atoms with Crippen LogP contribution in [0.4, 0.5) is 24.5 Å². The zero-order chi connectivity index (χ0) is 18.1. The largest absolute Gasteiger partial charge is 0.399 e. The van der Waals surface area contributed by atoms with Crippen molar-refractivity contribution in [3.63, 3.8) is 0 Å². The second-order valence-corrected chi connectivity index (χ2v) is 6.28. The first kappa shape index (κ1) is 17.1. The minimum absolute atomic E-state index is 0.568. The van der Waals surface area contributed by atoms with E-state index in [1.54, 1.807) is 66.8 Å². The van der Waals surface area contributed by atoms with Crippen molar-refractivity contribution < 1.29 is 13.2 Å². The van der Waals surface area contributed by atoms with E-state index in [1.807, 2.05) is 6.08 Å². The van der Waals surface area contributed by atoms with Crippen LogP contribution in [0.25, 0.3) is 0 Å². The van der Waals surface area contributed by atoms with Crippen LogP contribution in [-0.4, -0.2) is 6.18 Å². The molecule has 1 aliphatic carbocycles. The van der Waals surface area contributed by atoms with Crippen LogP contribution < -0.4 is 11.5 Å². The van der Waals surface area contributed by atoms with Gasteiger partial charge in [-0.05, 0) is 35.4 Å². The first-order chi connectivity index (χ1) is 11.8. The standard InChI is InChI=1S/C20H19F3N2/c21-20(22,23)13-16-3-1-2-12-19(16,14-4-8-17(24)9-5-14)15-6-10-18(25)11-7-15/h1-12,16H,13,24-25H2. The van der Waals surface area contributed by atoms with Crippen LogP contribution >= 0.6 is 0 Å². The molecule has 0 aromatic heterocycles. The lowest BCUT2D eigenvalue weighted by molar-refractivity contribution is -0.143. The van der Waals surface area contributed by atoms with Crippen LogP contribution in [0, 0.1) is 5.92 Å². The van der Waals surface area contributed by atoms with E-state index in [4.69, 9.17) is 11.5 Å². The van der Waals surface area contributed by atoms with Crippen molar-refractivity contribution in [2.24, 2.45) is 5.92 Å². The van der Waals surface area contributed by atoms with Crippen LogP contribution in [-0.2, 0) is 5.41 Å². The number of rotatable bonds is 3. The summed E-state index contributed by atoms with van der Waals surface area (Å²) >= 11 is 0. The third-order valence-electron chi connectivity index (χ3n) is 4.63. The molecule has 130 valence electrons. The predicted molar refractivity (Wildman–Crippen MR) is 94.9 cm³/mol. The molecule has 0 heterocycles. The van der Waals surface area contributed by atoms with Gasteiger partial charge in [-0.1, -0.05) is 48.6 Å². The lowest BCUT2D eigenvalue weighted by Crippen LogP contribution is -2.37. The highest BCUT2D eigenvalue weighted by molar-refractivity contribution is 5.54. The van der Waals surface area contributed by atoms with Crippen molar-refractivity contribution in [2.45, 2.75) is 18.0 Å². The molecule has 25 heavy (non-hydrogen) atoms. The van der Waals surface area contributed by atoms with Gasteiger partial charge in [-0.2, -0.15) is 13.2 Å². The van der Waals surface area contributed by atoms with E-state index in [2.05, 4.69) is 0 Å². The minimum atomic E-state index is -4.27. The Morgan fingerprint density at radius 1 is 0.800 bits per heavy atom. The van der Waals surface area contributed by atoms with Crippen molar-refractivity contribution in [1.82, 2.24) is 0 Å². The van der Waals surface area contributed by atoms with Crippen molar-refractivity contribution in [2.75, 3.05) is 11.5 Å². The lowest BCUT2D eigenvalue weighted by atomic mass is 9.63. The van der Waals surface area contributed by atoms with Gasteiger partial charge in [0, 0.05) is 22.7 Å². The Labute approximate surface area is 144 Å². The van der Waals surface area contributed by atoms with Crippen LogP contribution in [0.5, 0.6) is 0 Å². The summed E-state index contributed by atoms with van der Waals surface area (Å²) in [7, 11) is 0. The Balaban J connectivity index is 2.20. The fraction of sp³-hybridized carbons (Fsp3) is 0.200. The molecule has 0 radical (unpaired) electrons. The summed E-state index contributed by atoms with van der Waals surface area (Å²) < 4.78 is 39.7. The summed E-state index contributed by atoms with van der Waals surface area (Å²) in [5.41, 5.74) is 13.3. The van der Waals surface area contributed by atoms with E-state index in [0.717, 1.165) is 11.1 Å². The van der Waals surface area contributed by atoms with Gasteiger partial charge in [0.05, 0.1) is 6.42 Å². The molecular formula is C20H19F3N2. The number of alkyl halides is 3. The number of hydrogen-bond acceptors (Lipinski definition) is 2. The van der Waals surface area contributed by atoms with Gasteiger partial charge >= 0.3 is 6.18 Å². The summed E-state index contributed by atoms with van der Waals surface area (Å²) in [4.78, 5) is 0. The first-order valence-electron chi connectivity index (χ1n) is 7.96. The molecule has 2 aromatic rings. The van der Waals surface area contributed by atoms with Crippen molar-refractivity contribution >= 4 is 11.4 Å². The highest BCUT2D eigenvalue weighted by Gasteiger charge is 2.45. The summed E-state index contributed by atoms with van der Waals surface area (Å²) in [5, 5.41) is 0. The number of allylic oxidation sites excluding steroid dienone is 4. The van der Waals surface area contributed by atoms with Crippen LogP contribution in [0.2, 0.25) is 0 Å². The Kier molecular flexibility index (Phi) is 4.33. The fourth-order valence-corrected chi connectivity index (χ4v) is 3.46. The first-order valence-corrected chi connectivity index (χ1v) is 7.96. The molecule has 1 atom stereocenters. The smallest absolute Gasteiger partial charge is 0.389 e. The Morgan fingerprint density at radius 3 is 1.72 bits per heavy atom. The maximum absolute atomic E-state index is 13.2. The normalized spacial score (nSPS) is 19.1. The highest BCUT2D eigenvalue weighted by atomic mass is 19.4. The molecule has 1 aliphatic rings. The summed E-state index contributed by atoms with van der Waals surface area (Å²) in [6.07, 6.45) is 1.74. The lowest BCUT2D eigenvalue weighted by Gasteiger charge is -2.40. The topological polar surface area (TPSA) is 52.0 Å². The number of halogens is 3. The van der Waals surface area contributed by atoms with Gasteiger partial charge in [-0.15, -0.1) is 0 Å². The molecule has 4 N–H and O–H groups in total. The molecule has 0 saturated carbocycles. The molecule has 2 aromatic carbocycles. The maximum atomic E-state index is 13.2. The zero-order valence-corrected chi connectivity index (χ0v) is 13.5. The molecular weight excluding hydrogens is 325 g/mol. The van der Waals surface area contributed by atoms with Crippen molar-refractivity contribution in [3.05, 3.63) is 84.0 Å². The fourth-order valence-electron chi connectivity index (χ4n) is 3.46. The Bertz CT molecular complexity index is 742. The van der Waals surface area contributed by atoms with Gasteiger partial charge in [-0.25, -0.2) is 0 Å². The van der Waals surface area contributed by atoms with Gasteiger partial charge in [0.15, 0.2) is 0 Å². The molecule has 5 heteroatoms. The summed E-state index contributed by atoms with van der Waals surface area (Å²) in [6.45, 7) is 0. The molecule has 2 nitrogen and oxygen atoms in total. The van der Waals surface area contributed by atoms with E-state index >= 15 is 0 Å². The molecule has 0 spiro atoms. The van der Waals surface area contributed by atoms with E-state index < -0.39 is 23.9 Å². The van der Waals surface area contributed by atoms with E-state index in [9.17, 15) is 13.2 Å². The minimum Gasteiger partial charge on any atom is -0.399 e. The highest BCUT2D eigenvalue weighted by Crippen LogP contribution is 2.47. The van der Waals surface area contributed by atoms with E-state index in [-0.39, 0.29) is 0 Å². The average molecular weight is 344 g/mol. The molecule has 0 fully saturated rings. The molecule has 0 amide bonds. The third kappa shape index (κ3) is 3.40. The number of nitrogen functional groups attached to an aromatic ring is 2. The van der Waals surface area contributed by atoms with Gasteiger partial charge in [-0.3, -0.25) is 0 Å². The van der Waals surface area contributed by atoms with Crippen molar-refractivity contribution in [1.29, 1.82) is 0 Å². The van der Waals surface area contributed by atoms with E-state index in [1.165, 1.54) is 0 Å². The zero-order valence-electron chi connectivity index (χ0n) is 13.5. The third-order valence-corrected chi connectivity index (χ3v) is 4.63. The Morgan fingerprint density at radius 2 is 1.28 bits per heavy atom. The summed E-state index contributed by atoms with van der Waals surface area (Å²) in [5.74, 6) is -0.759. The SMILES string of the molecule is Nc1ccc(C2(c3ccc(N)cc3)C=CC=CC2CC(F)(F)F)cc1. The molecule has 0 bridgehead atoms. The quantitative estimate of drug-likeness (QED) is 0.784. The number of benzene rings is 2. The van der Waals surface area contributed by atoms with Crippen molar-refractivity contribution in [3.8, 4) is 0 Å². The average Bonchev–Trinajstić information content (AvgIpc) is 2.56. The van der Waals surface area contributed by atoms with Gasteiger partial charge in [0.1, 0.15) is 0 Å². The molecule has 0 saturated heterocycles. The number of hydrogen-bond donors (Lipinski definition) is 2. The second-order valence-electron chi connectivity index (χ2n) is 6.28. The van der Waals surface area contributed by atoms with Crippen LogP contribution in [0.1, 0.15) is 17.5 Å². The monoisotopic (exact) mass is 344 g/mol. The van der Waals surface area contributed by atoms with Crippen LogP contribution in [0.15, 0.2) is 72.8 Å². The van der Waals surface area contributed by atoms with Gasteiger partial charge in [0.2, 0.25) is 0 Å². The molecule has 3 rings (SSSR count). The number of anilines is 2. The maximum Gasteiger partial charge on any atom is 0.389 e. The van der Waals surface area contributed by atoms with Gasteiger partial charge < -0.3 is 11.5 Å². The number of nitrogens with two attached hydrogens (primary N) is 2. The molecule has 1 unspecified atom stereocenters. The second kappa shape index (κ2) is 6.31. The van der Waals surface area contributed by atoms with Gasteiger partial charge in [0.25, 0.3) is 0 Å².